The molecule has 0 saturated heterocycles. The Morgan fingerprint density at radius 1 is 1.21 bits per heavy atom. The fraction of sp³-hybridized carbons (Fsp3) is 0.261. The van der Waals surface area contributed by atoms with Gasteiger partial charge in [-0.3, -0.25) is 14.9 Å². The lowest BCUT2D eigenvalue weighted by molar-refractivity contribution is -0.124. The fourth-order valence-corrected chi connectivity index (χ4v) is 3.35. The summed E-state index contributed by atoms with van der Waals surface area (Å²) >= 11 is 0. The monoisotopic (exact) mass is 393 g/mol. The Kier molecular flexibility index (Phi) is 7.19. The molecule has 0 aliphatic carbocycles. The highest BCUT2D eigenvalue weighted by Crippen LogP contribution is 2.19. The molecule has 4 N–H and O–H groups in total. The second kappa shape index (κ2) is 10.0. The van der Waals surface area contributed by atoms with Crippen molar-refractivity contribution in [2.45, 2.75) is 25.9 Å². The van der Waals surface area contributed by atoms with Gasteiger partial charge in [0, 0.05) is 42.3 Å². The molecule has 0 spiro atoms. The summed E-state index contributed by atoms with van der Waals surface area (Å²) in [6.45, 7) is 3.69. The molecule has 3 aromatic rings. The van der Waals surface area contributed by atoms with Crippen molar-refractivity contribution in [3.63, 3.8) is 0 Å². The number of carbonyl (C=O) groups excluding carboxylic acids is 1. The van der Waals surface area contributed by atoms with Crippen molar-refractivity contribution in [3.8, 4) is 0 Å². The van der Waals surface area contributed by atoms with Crippen molar-refractivity contribution in [1.29, 1.82) is 0 Å². The van der Waals surface area contributed by atoms with Gasteiger partial charge in [0.15, 0.2) is 0 Å². The van der Waals surface area contributed by atoms with Gasteiger partial charge in [0.2, 0.25) is 0 Å². The number of fused-ring (bicyclic) bond motifs is 1. The molecule has 1 amide bonds. The molecule has 0 saturated carbocycles. The molecule has 0 bridgehead atoms. The van der Waals surface area contributed by atoms with Crippen molar-refractivity contribution in [3.05, 3.63) is 77.5 Å². The zero-order chi connectivity index (χ0) is 20.6. The van der Waals surface area contributed by atoms with E-state index in [-0.39, 0.29) is 12.6 Å². The van der Waals surface area contributed by atoms with Crippen LogP contribution in [0.1, 0.15) is 23.6 Å². The Morgan fingerprint density at radius 3 is 2.69 bits per heavy atom. The van der Waals surface area contributed by atoms with E-state index in [2.05, 4.69) is 28.2 Å². The largest absolute Gasteiger partial charge is 0.395 e. The number of nitrogens with one attached hydrogen (secondary N) is 2. The SMILES string of the molecule is CC(CO)N(CCc1c[nH]c2ccccc12)Cc1ccc(/C=C/C(=O)NO)cc1. The standard InChI is InChI=1S/C23H27N3O3/c1-17(16-27)26(13-12-20-14-24-22-5-3-2-4-21(20)22)15-19-8-6-18(7-9-19)10-11-23(28)25-29/h2-11,14,17,24,27,29H,12-13,15-16H2,1H3,(H,25,28)/b11-10+. The normalized spacial score (nSPS) is 12.7. The quantitative estimate of drug-likeness (QED) is 0.256. The Hall–Kier alpha value is -2.93. The number of aromatic amines is 1. The number of carbonyl (C=O) groups is 1. The first-order valence-corrected chi connectivity index (χ1v) is 9.71. The van der Waals surface area contributed by atoms with Crippen molar-refractivity contribution in [2.24, 2.45) is 0 Å². The van der Waals surface area contributed by atoms with E-state index in [1.54, 1.807) is 11.6 Å². The molecule has 152 valence electrons. The number of hydrogen-bond donors (Lipinski definition) is 4. The molecule has 1 heterocycles. The third-order valence-corrected chi connectivity index (χ3v) is 5.13. The number of hydroxylamine groups is 1. The summed E-state index contributed by atoms with van der Waals surface area (Å²) in [5.74, 6) is -0.561. The molecular formula is C23H27N3O3. The highest BCUT2D eigenvalue weighted by Gasteiger charge is 2.14. The number of amides is 1. The van der Waals surface area contributed by atoms with Crippen LogP contribution in [0.3, 0.4) is 0 Å². The van der Waals surface area contributed by atoms with Crippen LogP contribution in [0.15, 0.2) is 60.8 Å². The van der Waals surface area contributed by atoms with Gasteiger partial charge in [-0.2, -0.15) is 0 Å². The second-order valence-electron chi connectivity index (χ2n) is 7.16. The highest BCUT2D eigenvalue weighted by atomic mass is 16.5. The summed E-state index contributed by atoms with van der Waals surface area (Å²) in [4.78, 5) is 16.7. The van der Waals surface area contributed by atoms with Gasteiger partial charge in [0.1, 0.15) is 0 Å². The maximum atomic E-state index is 11.1. The number of hydrogen-bond acceptors (Lipinski definition) is 4. The highest BCUT2D eigenvalue weighted by molar-refractivity contribution is 5.90. The summed E-state index contributed by atoms with van der Waals surface area (Å²) in [5, 5.41) is 19.5. The van der Waals surface area contributed by atoms with E-state index in [0.29, 0.717) is 0 Å². The average molecular weight is 393 g/mol. The molecule has 6 nitrogen and oxygen atoms in total. The van der Waals surface area contributed by atoms with Gasteiger partial charge in [-0.25, -0.2) is 5.48 Å². The van der Waals surface area contributed by atoms with Gasteiger partial charge in [0.25, 0.3) is 5.91 Å². The number of rotatable bonds is 9. The number of aliphatic hydroxyl groups is 1. The molecule has 0 fully saturated rings. The minimum atomic E-state index is -0.561. The van der Waals surface area contributed by atoms with Crippen LogP contribution in [0, 0.1) is 0 Å². The molecule has 1 unspecified atom stereocenters. The zero-order valence-corrected chi connectivity index (χ0v) is 16.5. The van der Waals surface area contributed by atoms with Crippen LogP contribution < -0.4 is 5.48 Å². The van der Waals surface area contributed by atoms with E-state index in [9.17, 15) is 9.90 Å². The molecule has 3 rings (SSSR count). The Morgan fingerprint density at radius 2 is 1.97 bits per heavy atom. The lowest BCUT2D eigenvalue weighted by Crippen LogP contribution is -2.36. The first-order valence-electron chi connectivity index (χ1n) is 9.71. The van der Waals surface area contributed by atoms with Crippen LogP contribution in [-0.4, -0.2) is 45.3 Å². The zero-order valence-electron chi connectivity index (χ0n) is 16.5. The molecule has 0 aliphatic heterocycles. The van der Waals surface area contributed by atoms with E-state index >= 15 is 0 Å². The van der Waals surface area contributed by atoms with Gasteiger partial charge in [-0.05, 0) is 42.2 Å². The number of aliphatic hydroxyl groups excluding tert-OH is 1. The van der Waals surface area contributed by atoms with Gasteiger partial charge in [0.05, 0.1) is 6.61 Å². The van der Waals surface area contributed by atoms with Crippen LogP contribution in [0.5, 0.6) is 0 Å². The Balaban J connectivity index is 1.66. The summed E-state index contributed by atoms with van der Waals surface area (Å²) in [5.41, 5.74) is 5.99. The van der Waals surface area contributed by atoms with Crippen LogP contribution in [0.25, 0.3) is 17.0 Å². The Labute approximate surface area is 170 Å². The summed E-state index contributed by atoms with van der Waals surface area (Å²) < 4.78 is 0. The van der Waals surface area contributed by atoms with Crippen LogP contribution in [0.2, 0.25) is 0 Å². The van der Waals surface area contributed by atoms with E-state index in [1.807, 2.05) is 43.3 Å². The second-order valence-corrected chi connectivity index (χ2v) is 7.16. The molecule has 0 radical (unpaired) electrons. The van der Waals surface area contributed by atoms with E-state index in [4.69, 9.17) is 5.21 Å². The van der Waals surface area contributed by atoms with Crippen LogP contribution >= 0.6 is 0 Å². The number of para-hydroxylation sites is 1. The maximum absolute atomic E-state index is 11.1. The third-order valence-electron chi connectivity index (χ3n) is 5.13. The molecular weight excluding hydrogens is 366 g/mol. The van der Waals surface area contributed by atoms with Crippen molar-refractivity contribution in [1.82, 2.24) is 15.4 Å². The minimum Gasteiger partial charge on any atom is -0.395 e. The van der Waals surface area contributed by atoms with Crippen molar-refractivity contribution in [2.75, 3.05) is 13.2 Å². The lowest BCUT2D eigenvalue weighted by atomic mass is 10.1. The first-order chi connectivity index (χ1) is 14.1. The number of benzene rings is 2. The predicted octanol–water partition coefficient (Wildman–Crippen LogP) is 3.11. The third kappa shape index (κ3) is 5.54. The molecule has 1 atom stereocenters. The van der Waals surface area contributed by atoms with Crippen LogP contribution in [-0.2, 0) is 17.8 Å². The van der Waals surface area contributed by atoms with E-state index in [0.717, 1.165) is 36.2 Å². The topological polar surface area (TPSA) is 88.6 Å². The molecule has 0 aliphatic rings. The maximum Gasteiger partial charge on any atom is 0.267 e. The summed E-state index contributed by atoms with van der Waals surface area (Å²) in [6, 6.07) is 16.2. The average Bonchev–Trinajstić information content (AvgIpc) is 3.18. The van der Waals surface area contributed by atoms with Gasteiger partial charge in [-0.15, -0.1) is 0 Å². The number of nitrogens with zero attached hydrogens (tertiary/aromatic N) is 1. The summed E-state index contributed by atoms with van der Waals surface area (Å²) in [6.07, 6.45) is 5.87. The molecule has 6 heteroatoms. The predicted molar refractivity (Wildman–Crippen MR) is 114 cm³/mol. The number of aromatic nitrogens is 1. The minimum absolute atomic E-state index is 0.0491. The molecule has 2 aromatic carbocycles. The number of H-pyrrole nitrogens is 1. The Bertz CT molecular complexity index is 963. The fourth-order valence-electron chi connectivity index (χ4n) is 3.35. The smallest absolute Gasteiger partial charge is 0.267 e. The van der Waals surface area contributed by atoms with Crippen molar-refractivity contribution < 1.29 is 15.1 Å². The van der Waals surface area contributed by atoms with E-state index in [1.165, 1.54) is 17.0 Å². The van der Waals surface area contributed by atoms with Crippen molar-refractivity contribution >= 4 is 22.9 Å². The van der Waals surface area contributed by atoms with Crippen LogP contribution in [0.4, 0.5) is 0 Å². The molecule has 1 aromatic heterocycles. The molecule has 29 heavy (non-hydrogen) atoms. The van der Waals surface area contributed by atoms with Gasteiger partial charge >= 0.3 is 0 Å². The van der Waals surface area contributed by atoms with E-state index < -0.39 is 5.91 Å². The van der Waals surface area contributed by atoms with Gasteiger partial charge < -0.3 is 10.1 Å². The lowest BCUT2D eigenvalue weighted by Gasteiger charge is -2.28. The first kappa shape index (κ1) is 20.8. The van der Waals surface area contributed by atoms with Gasteiger partial charge in [-0.1, -0.05) is 42.5 Å². The summed E-state index contributed by atoms with van der Waals surface area (Å²) in [7, 11) is 0.